The van der Waals surface area contributed by atoms with Gasteiger partial charge in [0, 0.05) is 18.0 Å². The fourth-order valence-corrected chi connectivity index (χ4v) is 4.17. The molecule has 1 aliphatic rings. The summed E-state index contributed by atoms with van der Waals surface area (Å²) in [6, 6.07) is 27.0. The van der Waals surface area contributed by atoms with Gasteiger partial charge >= 0.3 is 0 Å². The van der Waals surface area contributed by atoms with Crippen molar-refractivity contribution in [2.75, 3.05) is 0 Å². The lowest BCUT2D eigenvalue weighted by Crippen LogP contribution is -2.45. The molecule has 1 aromatic heterocycles. The topological polar surface area (TPSA) is 82.0 Å². The second-order valence-corrected chi connectivity index (χ2v) is 7.67. The Balaban J connectivity index is 1.52. The maximum Gasteiger partial charge on any atom is 0.264 e. The first kappa shape index (κ1) is 19.6. The molecule has 0 radical (unpaired) electrons. The third-order valence-electron chi connectivity index (χ3n) is 5.72. The molecule has 1 saturated heterocycles. The van der Waals surface area contributed by atoms with E-state index in [0.717, 1.165) is 27.8 Å². The van der Waals surface area contributed by atoms with Gasteiger partial charge in [-0.25, -0.2) is 9.97 Å². The zero-order valence-electron chi connectivity index (χ0n) is 17.3. The highest BCUT2D eigenvalue weighted by atomic mass is 16.2. The second-order valence-electron chi connectivity index (χ2n) is 7.67. The van der Waals surface area contributed by atoms with E-state index < -0.39 is 5.54 Å². The van der Waals surface area contributed by atoms with Gasteiger partial charge < -0.3 is 5.32 Å². The van der Waals surface area contributed by atoms with Crippen molar-refractivity contribution in [2.45, 2.75) is 12.1 Å². The SMILES string of the molecule is N=C1NC(c2ccccc2)(c2ccccc2)C(=O)N1Cc1cccc(-c2cncnc2)c1. The van der Waals surface area contributed by atoms with Crippen LogP contribution in [0.15, 0.2) is 104 Å². The maximum atomic E-state index is 13.9. The van der Waals surface area contributed by atoms with Crippen LogP contribution in [0.5, 0.6) is 0 Å². The molecular formula is C26H21N5O. The summed E-state index contributed by atoms with van der Waals surface area (Å²) in [5.41, 5.74) is 3.26. The molecule has 1 aliphatic heterocycles. The lowest BCUT2D eigenvalue weighted by molar-refractivity contribution is -0.130. The van der Waals surface area contributed by atoms with E-state index in [2.05, 4.69) is 15.3 Å². The van der Waals surface area contributed by atoms with Crippen LogP contribution in [0.2, 0.25) is 0 Å². The van der Waals surface area contributed by atoms with Crippen molar-refractivity contribution in [2.24, 2.45) is 0 Å². The summed E-state index contributed by atoms with van der Waals surface area (Å²) in [7, 11) is 0. The van der Waals surface area contributed by atoms with Crippen molar-refractivity contribution < 1.29 is 4.79 Å². The van der Waals surface area contributed by atoms with Gasteiger partial charge in [0.2, 0.25) is 0 Å². The van der Waals surface area contributed by atoms with Crippen molar-refractivity contribution in [3.05, 3.63) is 120 Å². The smallest absolute Gasteiger partial charge is 0.264 e. The Bertz CT molecular complexity index is 1220. The predicted octanol–water partition coefficient (Wildman–Crippen LogP) is 3.95. The number of hydrogen-bond donors (Lipinski definition) is 2. The van der Waals surface area contributed by atoms with E-state index in [1.165, 1.54) is 11.2 Å². The summed E-state index contributed by atoms with van der Waals surface area (Å²) < 4.78 is 0. The molecule has 0 bridgehead atoms. The summed E-state index contributed by atoms with van der Waals surface area (Å²) >= 11 is 0. The molecule has 3 aromatic carbocycles. The third-order valence-corrected chi connectivity index (χ3v) is 5.72. The first-order chi connectivity index (χ1) is 15.7. The van der Waals surface area contributed by atoms with Crippen LogP contribution in [-0.4, -0.2) is 26.7 Å². The van der Waals surface area contributed by atoms with Crippen LogP contribution in [0, 0.1) is 5.41 Å². The largest absolute Gasteiger partial charge is 0.334 e. The summed E-state index contributed by atoms with van der Waals surface area (Å²) in [5, 5.41) is 11.8. The van der Waals surface area contributed by atoms with Crippen LogP contribution >= 0.6 is 0 Å². The van der Waals surface area contributed by atoms with Gasteiger partial charge in [0.25, 0.3) is 5.91 Å². The molecule has 6 heteroatoms. The zero-order valence-corrected chi connectivity index (χ0v) is 17.3. The van der Waals surface area contributed by atoms with Crippen LogP contribution in [0.25, 0.3) is 11.1 Å². The van der Waals surface area contributed by atoms with E-state index >= 15 is 0 Å². The van der Waals surface area contributed by atoms with Gasteiger partial charge in [-0.05, 0) is 28.3 Å². The molecule has 32 heavy (non-hydrogen) atoms. The quantitative estimate of drug-likeness (QED) is 0.513. The van der Waals surface area contributed by atoms with Gasteiger partial charge in [-0.15, -0.1) is 0 Å². The van der Waals surface area contributed by atoms with Crippen molar-refractivity contribution in [1.29, 1.82) is 5.41 Å². The fourth-order valence-electron chi connectivity index (χ4n) is 4.17. The predicted molar refractivity (Wildman–Crippen MR) is 123 cm³/mol. The molecule has 0 unspecified atom stereocenters. The van der Waals surface area contributed by atoms with Gasteiger partial charge in [0.15, 0.2) is 11.5 Å². The summed E-state index contributed by atoms with van der Waals surface area (Å²) in [6.07, 6.45) is 5.01. The molecule has 0 saturated carbocycles. The Hall–Kier alpha value is -4.32. The van der Waals surface area contributed by atoms with E-state index in [-0.39, 0.29) is 18.4 Å². The first-order valence-corrected chi connectivity index (χ1v) is 10.3. The minimum atomic E-state index is -1.13. The van der Waals surface area contributed by atoms with Gasteiger partial charge in [0.1, 0.15) is 6.33 Å². The van der Waals surface area contributed by atoms with Crippen LogP contribution in [0.4, 0.5) is 0 Å². The van der Waals surface area contributed by atoms with Gasteiger partial charge in [-0.3, -0.25) is 15.1 Å². The van der Waals surface area contributed by atoms with Crippen molar-refractivity contribution in [3.63, 3.8) is 0 Å². The van der Waals surface area contributed by atoms with E-state index in [1.54, 1.807) is 12.4 Å². The first-order valence-electron chi connectivity index (χ1n) is 10.3. The number of rotatable bonds is 5. The Morgan fingerprint density at radius 2 is 1.44 bits per heavy atom. The molecule has 1 fully saturated rings. The number of hydrogen-bond acceptors (Lipinski definition) is 4. The molecule has 156 valence electrons. The number of benzene rings is 3. The van der Waals surface area contributed by atoms with Crippen LogP contribution in [0.1, 0.15) is 16.7 Å². The standard InChI is InChI=1S/C26H21N5O/c27-25-30-26(22-10-3-1-4-11-22,23-12-5-2-6-13-23)24(32)31(25)17-19-8-7-9-20(14-19)21-15-28-18-29-16-21/h1-16,18H,17H2,(H2,27,30). The summed E-state index contributed by atoms with van der Waals surface area (Å²) in [5.74, 6) is -0.0931. The number of carbonyl (C=O) groups is 1. The van der Waals surface area contributed by atoms with E-state index in [9.17, 15) is 4.79 Å². The van der Waals surface area contributed by atoms with E-state index in [4.69, 9.17) is 5.41 Å². The number of amides is 1. The number of carbonyl (C=O) groups excluding carboxylic acids is 1. The summed E-state index contributed by atoms with van der Waals surface area (Å²) in [4.78, 5) is 23.6. The molecule has 6 nitrogen and oxygen atoms in total. The maximum absolute atomic E-state index is 13.9. The number of aromatic nitrogens is 2. The minimum Gasteiger partial charge on any atom is -0.334 e. The highest BCUT2D eigenvalue weighted by Crippen LogP contribution is 2.36. The molecule has 1 amide bonds. The monoisotopic (exact) mass is 419 g/mol. The molecule has 5 rings (SSSR count). The molecular weight excluding hydrogens is 398 g/mol. The normalized spacial score (nSPS) is 14.9. The summed E-state index contributed by atoms with van der Waals surface area (Å²) in [6.45, 7) is 0.285. The molecule has 0 atom stereocenters. The van der Waals surface area contributed by atoms with Gasteiger partial charge in [-0.2, -0.15) is 0 Å². The van der Waals surface area contributed by atoms with Crippen LogP contribution in [0.3, 0.4) is 0 Å². The Morgan fingerprint density at radius 3 is 2.06 bits per heavy atom. The van der Waals surface area contributed by atoms with Crippen LogP contribution in [-0.2, 0) is 16.9 Å². The third kappa shape index (κ3) is 3.32. The molecule has 2 N–H and O–H groups in total. The lowest BCUT2D eigenvalue weighted by Gasteiger charge is -2.28. The Kier molecular flexibility index (Phi) is 4.95. The van der Waals surface area contributed by atoms with Crippen molar-refractivity contribution >= 4 is 11.9 Å². The zero-order chi connectivity index (χ0) is 22.0. The van der Waals surface area contributed by atoms with Crippen molar-refractivity contribution in [1.82, 2.24) is 20.2 Å². The van der Waals surface area contributed by atoms with Crippen LogP contribution < -0.4 is 5.32 Å². The Labute approximate surface area is 186 Å². The highest BCUT2D eigenvalue weighted by Gasteiger charge is 2.52. The molecule has 2 heterocycles. The average Bonchev–Trinajstić information content (AvgIpc) is 3.11. The highest BCUT2D eigenvalue weighted by molar-refractivity contribution is 6.10. The lowest BCUT2D eigenvalue weighted by atomic mass is 9.82. The fraction of sp³-hybridized carbons (Fsp3) is 0.0769. The number of nitrogens with zero attached hydrogens (tertiary/aromatic N) is 3. The van der Waals surface area contributed by atoms with Crippen molar-refractivity contribution in [3.8, 4) is 11.1 Å². The molecule has 0 aliphatic carbocycles. The minimum absolute atomic E-state index is 0.0798. The number of guanidine groups is 1. The molecule has 0 spiro atoms. The van der Waals surface area contributed by atoms with Gasteiger partial charge in [0.05, 0.1) is 6.54 Å². The van der Waals surface area contributed by atoms with E-state index in [1.807, 2.05) is 84.9 Å². The average molecular weight is 419 g/mol. The molecule has 4 aromatic rings. The second kappa shape index (κ2) is 8.07. The Morgan fingerprint density at radius 1 is 0.812 bits per heavy atom. The van der Waals surface area contributed by atoms with E-state index in [0.29, 0.717) is 0 Å². The number of nitrogens with one attached hydrogen (secondary N) is 2. The van der Waals surface area contributed by atoms with Gasteiger partial charge in [-0.1, -0.05) is 78.9 Å².